The average molecular weight is 348 g/mol. The normalized spacial score (nSPS) is 48.4. The predicted octanol–water partition coefficient (Wildman–Crippen LogP) is 3.48. The van der Waals surface area contributed by atoms with Crippen molar-refractivity contribution in [3.63, 3.8) is 0 Å². The quantitative estimate of drug-likeness (QED) is 0.613. The molecule has 4 rings (SSSR count). The van der Waals surface area contributed by atoms with E-state index in [1.54, 1.807) is 14.2 Å². The highest BCUT2D eigenvalue weighted by molar-refractivity contribution is 5.94. The van der Waals surface area contributed by atoms with E-state index >= 15 is 0 Å². The molecule has 0 aliphatic heterocycles. The third-order valence-corrected chi connectivity index (χ3v) is 8.48. The standard InChI is InChI=1S/C21H32O4/c1-19-9-7-14(22)11-13(19)5-6-15-16(19)8-10-20(2)17(15)12-21(24-3,25-4)18(20)23/h5,14-17,22H,6-12H2,1-4H3/t14-,15+,16-,17-,19-,20-/m0/s1. The lowest BCUT2D eigenvalue weighted by Crippen LogP contribution is -2.51. The highest BCUT2D eigenvalue weighted by Crippen LogP contribution is 2.65. The van der Waals surface area contributed by atoms with E-state index in [0.29, 0.717) is 24.2 Å². The molecular weight excluding hydrogens is 316 g/mol. The van der Waals surface area contributed by atoms with Gasteiger partial charge in [0.15, 0.2) is 5.78 Å². The van der Waals surface area contributed by atoms with Gasteiger partial charge >= 0.3 is 0 Å². The Morgan fingerprint density at radius 1 is 1.08 bits per heavy atom. The number of Topliss-reactive ketones (excluding diaryl/α,β-unsaturated/α-hetero) is 1. The molecule has 1 N–H and O–H groups in total. The lowest BCUT2D eigenvalue weighted by atomic mass is 9.48. The topological polar surface area (TPSA) is 55.8 Å². The third-order valence-electron chi connectivity index (χ3n) is 8.48. The van der Waals surface area contributed by atoms with Gasteiger partial charge in [0.25, 0.3) is 0 Å². The molecule has 3 saturated carbocycles. The van der Waals surface area contributed by atoms with Crippen LogP contribution in [0.4, 0.5) is 0 Å². The Bertz CT molecular complexity index is 607. The van der Waals surface area contributed by atoms with Crippen LogP contribution >= 0.6 is 0 Å². The van der Waals surface area contributed by atoms with Crippen molar-refractivity contribution in [2.24, 2.45) is 28.6 Å². The van der Waals surface area contributed by atoms with Gasteiger partial charge in [0, 0.05) is 26.1 Å². The SMILES string of the molecule is COC1(OC)C[C@H]2[C@@H]3CC=C4C[C@@H](O)CC[C@]4(C)[C@H]3CC[C@]2(C)C1=O. The molecule has 0 saturated heterocycles. The summed E-state index contributed by atoms with van der Waals surface area (Å²) in [6.07, 6.45) is 8.75. The zero-order valence-corrected chi connectivity index (χ0v) is 16.0. The first-order chi connectivity index (χ1) is 11.8. The first-order valence-corrected chi connectivity index (χ1v) is 9.83. The molecule has 25 heavy (non-hydrogen) atoms. The minimum Gasteiger partial charge on any atom is -0.393 e. The molecule has 3 fully saturated rings. The summed E-state index contributed by atoms with van der Waals surface area (Å²) in [7, 11) is 3.20. The Kier molecular flexibility index (Phi) is 3.99. The Balaban J connectivity index is 1.70. The minimum absolute atomic E-state index is 0.146. The van der Waals surface area contributed by atoms with Gasteiger partial charge < -0.3 is 14.6 Å². The fraction of sp³-hybridized carbons (Fsp3) is 0.857. The number of ether oxygens (including phenoxy) is 2. The number of hydrogen-bond donors (Lipinski definition) is 1. The number of aliphatic hydroxyl groups is 1. The Morgan fingerprint density at radius 2 is 1.76 bits per heavy atom. The third kappa shape index (κ3) is 2.20. The molecule has 0 spiro atoms. The summed E-state index contributed by atoms with van der Waals surface area (Å²) < 4.78 is 11.2. The number of allylic oxidation sites excluding steroid dienone is 1. The van der Waals surface area contributed by atoms with Gasteiger partial charge in [-0.2, -0.15) is 0 Å². The Morgan fingerprint density at radius 3 is 2.44 bits per heavy atom. The van der Waals surface area contributed by atoms with Gasteiger partial charge in [-0.3, -0.25) is 4.79 Å². The van der Waals surface area contributed by atoms with Crippen LogP contribution in [0.2, 0.25) is 0 Å². The molecule has 0 unspecified atom stereocenters. The van der Waals surface area contributed by atoms with Gasteiger partial charge in [0.2, 0.25) is 5.79 Å². The van der Waals surface area contributed by atoms with Crippen molar-refractivity contribution in [3.8, 4) is 0 Å². The van der Waals surface area contributed by atoms with E-state index in [-0.39, 0.29) is 22.7 Å². The number of fused-ring (bicyclic) bond motifs is 5. The summed E-state index contributed by atoms with van der Waals surface area (Å²) in [6, 6.07) is 0. The van der Waals surface area contributed by atoms with Crippen LogP contribution in [-0.4, -0.2) is 37.0 Å². The molecule has 0 aromatic heterocycles. The van der Waals surface area contributed by atoms with Crippen LogP contribution in [0, 0.1) is 28.6 Å². The van der Waals surface area contributed by atoms with Gasteiger partial charge in [0.1, 0.15) is 0 Å². The van der Waals surface area contributed by atoms with E-state index in [9.17, 15) is 9.90 Å². The van der Waals surface area contributed by atoms with Crippen molar-refractivity contribution in [1.82, 2.24) is 0 Å². The predicted molar refractivity (Wildman–Crippen MR) is 94.8 cm³/mol. The van der Waals surface area contributed by atoms with E-state index in [0.717, 1.165) is 38.5 Å². The van der Waals surface area contributed by atoms with E-state index in [4.69, 9.17) is 9.47 Å². The van der Waals surface area contributed by atoms with Crippen molar-refractivity contribution >= 4 is 5.78 Å². The monoisotopic (exact) mass is 348 g/mol. The number of carbonyl (C=O) groups is 1. The molecule has 0 bridgehead atoms. The second kappa shape index (κ2) is 5.64. The second-order valence-corrected chi connectivity index (χ2v) is 9.31. The maximum absolute atomic E-state index is 13.2. The lowest BCUT2D eigenvalue weighted by Gasteiger charge is -2.56. The van der Waals surface area contributed by atoms with Crippen LogP contribution < -0.4 is 0 Å². The van der Waals surface area contributed by atoms with Gasteiger partial charge in [-0.25, -0.2) is 0 Å². The van der Waals surface area contributed by atoms with Crippen LogP contribution in [0.1, 0.15) is 58.8 Å². The summed E-state index contributed by atoms with van der Waals surface area (Å²) in [5.41, 5.74) is 1.33. The molecule has 4 aliphatic rings. The van der Waals surface area contributed by atoms with Crippen LogP contribution in [0.5, 0.6) is 0 Å². The Hall–Kier alpha value is -0.710. The first kappa shape index (κ1) is 17.7. The van der Waals surface area contributed by atoms with Gasteiger partial charge in [-0.15, -0.1) is 0 Å². The Labute approximate surface area is 151 Å². The molecule has 0 heterocycles. The van der Waals surface area contributed by atoms with Crippen LogP contribution in [0.3, 0.4) is 0 Å². The lowest BCUT2D eigenvalue weighted by molar-refractivity contribution is -0.204. The summed E-state index contributed by atoms with van der Waals surface area (Å²) >= 11 is 0. The maximum Gasteiger partial charge on any atom is 0.229 e. The molecule has 140 valence electrons. The number of rotatable bonds is 2. The van der Waals surface area contributed by atoms with Crippen molar-refractivity contribution in [3.05, 3.63) is 11.6 Å². The number of carbonyl (C=O) groups excluding carboxylic acids is 1. The zero-order valence-electron chi connectivity index (χ0n) is 16.0. The van der Waals surface area contributed by atoms with E-state index < -0.39 is 5.79 Å². The number of hydrogen-bond acceptors (Lipinski definition) is 4. The van der Waals surface area contributed by atoms with Crippen LogP contribution in [0.25, 0.3) is 0 Å². The van der Waals surface area contributed by atoms with Crippen LogP contribution in [0.15, 0.2) is 11.6 Å². The summed E-state index contributed by atoms with van der Waals surface area (Å²) in [4.78, 5) is 13.2. The molecule has 4 heteroatoms. The van der Waals surface area contributed by atoms with Gasteiger partial charge in [-0.05, 0) is 61.7 Å². The molecule has 6 atom stereocenters. The highest BCUT2D eigenvalue weighted by atomic mass is 16.7. The van der Waals surface area contributed by atoms with Gasteiger partial charge in [0.05, 0.1) is 6.10 Å². The molecule has 4 aliphatic carbocycles. The molecule has 4 nitrogen and oxygen atoms in total. The molecule has 0 radical (unpaired) electrons. The first-order valence-electron chi connectivity index (χ1n) is 9.83. The van der Waals surface area contributed by atoms with Crippen LogP contribution in [-0.2, 0) is 14.3 Å². The number of ketones is 1. The second-order valence-electron chi connectivity index (χ2n) is 9.31. The summed E-state index contributed by atoms with van der Waals surface area (Å²) in [5.74, 6) is 0.531. The van der Waals surface area contributed by atoms with Crippen molar-refractivity contribution < 1.29 is 19.4 Å². The van der Waals surface area contributed by atoms with Crippen molar-refractivity contribution in [2.75, 3.05) is 14.2 Å². The molecule has 0 amide bonds. The number of methoxy groups -OCH3 is 2. The minimum atomic E-state index is -1.05. The molecular formula is C21H32O4. The molecule has 0 aromatic carbocycles. The number of aliphatic hydroxyl groups excluding tert-OH is 1. The summed E-state index contributed by atoms with van der Waals surface area (Å²) in [5, 5.41) is 10.1. The zero-order chi connectivity index (χ0) is 18.0. The van der Waals surface area contributed by atoms with Gasteiger partial charge in [-0.1, -0.05) is 25.5 Å². The smallest absolute Gasteiger partial charge is 0.229 e. The van der Waals surface area contributed by atoms with E-state index in [1.807, 2.05) is 0 Å². The fourth-order valence-corrected chi connectivity index (χ4v) is 6.87. The molecule has 0 aromatic rings. The fourth-order valence-electron chi connectivity index (χ4n) is 6.87. The average Bonchev–Trinajstić information content (AvgIpc) is 2.84. The van der Waals surface area contributed by atoms with E-state index in [1.165, 1.54) is 5.57 Å². The largest absolute Gasteiger partial charge is 0.393 e. The van der Waals surface area contributed by atoms with Crippen molar-refractivity contribution in [1.29, 1.82) is 0 Å². The van der Waals surface area contributed by atoms with Crippen molar-refractivity contribution in [2.45, 2.75) is 70.7 Å². The highest BCUT2D eigenvalue weighted by Gasteiger charge is 2.66. The van der Waals surface area contributed by atoms with E-state index in [2.05, 4.69) is 19.9 Å². The maximum atomic E-state index is 13.2. The summed E-state index contributed by atoms with van der Waals surface area (Å²) in [6.45, 7) is 4.54.